The zero-order valence-corrected chi connectivity index (χ0v) is 16.7. The Hall–Kier alpha value is -0.850. The lowest BCUT2D eigenvalue weighted by Crippen LogP contribution is -1.69. The molecule has 0 fully saturated rings. The molecule has 0 aliphatic rings. The number of hydrogen-bond donors (Lipinski definition) is 0. The molecule has 0 amide bonds. The lowest BCUT2D eigenvalue weighted by Gasteiger charge is -1.65. The van der Waals surface area contributed by atoms with Crippen molar-refractivity contribution in [3.8, 4) is 0 Å². The van der Waals surface area contributed by atoms with Crippen LogP contribution in [-0.2, 0) is 4.79 Å². The molecule has 0 unspecified atom stereocenters. The van der Waals surface area contributed by atoms with Gasteiger partial charge in [0.1, 0.15) is 5.78 Å². The number of ketones is 1. The highest BCUT2D eigenvalue weighted by Crippen LogP contribution is 1.73. The van der Waals surface area contributed by atoms with Crippen molar-refractivity contribution >= 4 is 5.78 Å². The summed E-state index contributed by atoms with van der Waals surface area (Å²) in [5.41, 5.74) is 1.17. The molecule has 0 rings (SSSR count). The summed E-state index contributed by atoms with van der Waals surface area (Å²) < 4.78 is 0. The van der Waals surface area contributed by atoms with Gasteiger partial charge in [0.05, 0.1) is 0 Å². The molecule has 0 atom stereocenters. The van der Waals surface area contributed by atoms with Crippen LogP contribution in [0.4, 0.5) is 0 Å². The van der Waals surface area contributed by atoms with E-state index in [0.29, 0.717) is 0 Å². The van der Waals surface area contributed by atoms with Crippen LogP contribution < -0.4 is 0 Å². The average molecular weight is 353 g/mol. The van der Waals surface area contributed by atoms with Gasteiger partial charge in [-0.15, -0.1) is 6.58 Å². The van der Waals surface area contributed by atoms with Gasteiger partial charge in [-0.25, -0.2) is 0 Å². The SMILES string of the molecule is C.C.C.C.C/C=C/C.C=C(C)C.CC.CC(C)=O.CCC.CCC. The van der Waals surface area contributed by atoms with Gasteiger partial charge in [0, 0.05) is 0 Å². The molecule has 0 aromatic rings. The van der Waals surface area contributed by atoms with Crippen molar-refractivity contribution in [1.29, 1.82) is 0 Å². The van der Waals surface area contributed by atoms with E-state index in [-0.39, 0.29) is 35.5 Å². The van der Waals surface area contributed by atoms with Crippen LogP contribution in [0.25, 0.3) is 0 Å². The highest BCUT2D eigenvalue weighted by atomic mass is 16.1. The van der Waals surface area contributed by atoms with Crippen molar-refractivity contribution in [1.82, 2.24) is 0 Å². The summed E-state index contributed by atoms with van der Waals surface area (Å²) in [4.78, 5) is 9.44. The van der Waals surface area contributed by atoms with Crippen molar-refractivity contribution in [2.45, 2.75) is 126 Å². The van der Waals surface area contributed by atoms with E-state index in [9.17, 15) is 4.79 Å². The summed E-state index contributed by atoms with van der Waals surface area (Å²) in [6.07, 6.45) is 6.50. The first-order valence-corrected chi connectivity index (χ1v) is 7.87. The predicted octanol–water partition coefficient (Wildman–Crippen LogP) is 10.2. The second-order valence-electron chi connectivity index (χ2n) is 4.20. The number of Topliss-reactive ketones (excluding diaryl/α,β-unsaturated/α-hetero) is 1. The van der Waals surface area contributed by atoms with Crippen molar-refractivity contribution in [3.63, 3.8) is 0 Å². The fourth-order valence-electron chi connectivity index (χ4n) is 0. The minimum atomic E-state index is 0. The maximum absolute atomic E-state index is 9.44. The number of allylic oxidation sites excluding steroid dienone is 3. The van der Waals surface area contributed by atoms with E-state index in [1.54, 1.807) is 0 Å². The Labute approximate surface area is 161 Å². The predicted molar refractivity (Wildman–Crippen MR) is 128 cm³/mol. The second kappa shape index (κ2) is 118. The smallest absolute Gasteiger partial charge is 0.126 e. The molecule has 158 valence electrons. The summed E-state index contributed by atoms with van der Waals surface area (Å²) in [5, 5.41) is 0. The third kappa shape index (κ3) is 382000. The minimum absolute atomic E-state index is 0. The molecule has 0 radical (unpaired) electrons. The molecule has 0 saturated carbocycles. The van der Waals surface area contributed by atoms with Gasteiger partial charge < -0.3 is 4.79 Å². The van der Waals surface area contributed by atoms with Crippen molar-refractivity contribution in [3.05, 3.63) is 24.3 Å². The van der Waals surface area contributed by atoms with Crippen LogP contribution in [0.3, 0.4) is 0 Å². The highest BCUT2D eigenvalue weighted by molar-refractivity contribution is 5.72. The molecular formula is C23H60O. The van der Waals surface area contributed by atoms with Crippen molar-refractivity contribution in [2.24, 2.45) is 0 Å². The van der Waals surface area contributed by atoms with E-state index < -0.39 is 0 Å². The Morgan fingerprint density at radius 2 is 0.750 bits per heavy atom. The van der Waals surface area contributed by atoms with Gasteiger partial charge in [-0.1, -0.05) is 102 Å². The van der Waals surface area contributed by atoms with Crippen LogP contribution in [0.2, 0.25) is 0 Å². The van der Waals surface area contributed by atoms with Gasteiger partial charge in [0.2, 0.25) is 0 Å². The molecule has 0 aliphatic carbocycles. The largest absolute Gasteiger partial charge is 0.300 e. The first kappa shape index (κ1) is 65.7. The van der Waals surface area contributed by atoms with Crippen LogP contribution >= 0.6 is 0 Å². The topological polar surface area (TPSA) is 17.1 Å². The van der Waals surface area contributed by atoms with Crippen LogP contribution in [0.15, 0.2) is 24.3 Å². The van der Waals surface area contributed by atoms with Crippen LogP contribution in [0.1, 0.15) is 126 Å². The fourth-order valence-corrected chi connectivity index (χ4v) is 0. The summed E-state index contributed by atoms with van der Waals surface area (Å²) in [6, 6.07) is 0. The average Bonchev–Trinajstić information content (AvgIpc) is 2.32. The summed E-state index contributed by atoms with van der Waals surface area (Å²) in [7, 11) is 0. The Kier molecular flexibility index (Phi) is 324. The minimum Gasteiger partial charge on any atom is -0.300 e. The van der Waals surface area contributed by atoms with Crippen LogP contribution in [0, 0.1) is 0 Å². The lowest BCUT2D eigenvalue weighted by atomic mass is 10.4. The Bertz CT molecular complexity index is 129. The number of carbonyl (C=O) groups excluding carboxylic acids is 1. The van der Waals surface area contributed by atoms with Gasteiger partial charge in [0.15, 0.2) is 0 Å². The molecule has 0 bridgehead atoms. The van der Waals surface area contributed by atoms with Crippen LogP contribution in [0.5, 0.6) is 0 Å². The molecule has 1 nitrogen and oxygen atoms in total. The molecule has 0 saturated heterocycles. The summed E-state index contributed by atoms with van der Waals surface area (Å²) in [5.74, 6) is 0.167. The maximum Gasteiger partial charge on any atom is 0.126 e. The molecule has 0 N–H and O–H groups in total. The van der Waals surface area contributed by atoms with Gasteiger partial charge in [-0.2, -0.15) is 0 Å². The van der Waals surface area contributed by atoms with Crippen molar-refractivity contribution in [2.75, 3.05) is 0 Å². The van der Waals surface area contributed by atoms with E-state index in [1.165, 1.54) is 32.3 Å². The molecule has 24 heavy (non-hydrogen) atoms. The number of carbonyl (C=O) groups is 1. The molecule has 0 aromatic carbocycles. The fraction of sp³-hybridized carbons (Fsp3) is 0.783. The lowest BCUT2D eigenvalue weighted by molar-refractivity contribution is -0.114. The maximum atomic E-state index is 9.44. The Morgan fingerprint density at radius 3 is 0.750 bits per heavy atom. The van der Waals surface area contributed by atoms with E-state index in [1.807, 2.05) is 53.7 Å². The second-order valence-corrected chi connectivity index (χ2v) is 4.20. The third-order valence-corrected chi connectivity index (χ3v) is 0.333. The number of rotatable bonds is 0. The number of hydrogen-bond acceptors (Lipinski definition) is 1. The quantitative estimate of drug-likeness (QED) is 0.396. The van der Waals surface area contributed by atoms with E-state index in [4.69, 9.17) is 0 Å². The zero-order valence-electron chi connectivity index (χ0n) is 16.7. The van der Waals surface area contributed by atoms with Gasteiger partial charge in [-0.05, 0) is 41.5 Å². The molecular weight excluding hydrogens is 292 g/mol. The summed E-state index contributed by atoms with van der Waals surface area (Å²) in [6.45, 7) is 27.1. The zero-order chi connectivity index (χ0) is 18.0. The third-order valence-electron chi connectivity index (χ3n) is 0.333. The van der Waals surface area contributed by atoms with E-state index in [0.717, 1.165) is 0 Å². The molecule has 0 spiro atoms. The Balaban J connectivity index is -0.0000000120. The summed E-state index contributed by atoms with van der Waals surface area (Å²) >= 11 is 0. The molecule has 0 heterocycles. The molecule has 1 heteroatoms. The normalized spacial score (nSPS) is 5.50. The highest BCUT2D eigenvalue weighted by Gasteiger charge is 1.62. The van der Waals surface area contributed by atoms with Crippen molar-refractivity contribution < 1.29 is 4.79 Å². The van der Waals surface area contributed by atoms with E-state index in [2.05, 4.69) is 34.3 Å². The monoisotopic (exact) mass is 352 g/mol. The molecule has 0 aliphatic heterocycles. The molecule has 0 aromatic heterocycles. The van der Waals surface area contributed by atoms with E-state index >= 15 is 0 Å². The Morgan fingerprint density at radius 1 is 0.708 bits per heavy atom. The standard InChI is InChI=1S/2C4H8.C3H6O.2C3H8.C2H6.4CH4/c1-4(2)3;1-3-4-2;1-3(2)4;2*1-3-2;1-2;;;;/h1H2,2-3H3;3-4H,1-2H3;1-2H3;2*3H2,1-2H3;1-2H3;4*1H4/b;4-3+;;;;;;;;. The first-order chi connectivity index (χ1) is 9.21. The van der Waals surface area contributed by atoms with Gasteiger partial charge in [-0.3, -0.25) is 0 Å². The first-order valence-electron chi connectivity index (χ1n) is 7.87. The van der Waals surface area contributed by atoms with Crippen LogP contribution in [-0.4, -0.2) is 5.78 Å². The van der Waals surface area contributed by atoms with Gasteiger partial charge >= 0.3 is 0 Å². The van der Waals surface area contributed by atoms with Gasteiger partial charge in [0.25, 0.3) is 0 Å².